The minimum Gasteiger partial charge on any atom is -0.311 e. The Kier molecular flexibility index (Phi) is 8.01. The van der Waals surface area contributed by atoms with Crippen LogP contribution in [0.15, 0.2) is 194 Å². The van der Waals surface area contributed by atoms with Gasteiger partial charge in [0.15, 0.2) is 0 Å². The lowest BCUT2D eigenvalue weighted by Crippen LogP contribution is -2.60. The molecule has 4 aliphatic rings. The van der Waals surface area contributed by atoms with Gasteiger partial charge in [0.05, 0.1) is 11.1 Å². The smallest absolute Gasteiger partial charge is 0.264 e. The Morgan fingerprint density at radius 3 is 1.69 bits per heavy atom. The highest BCUT2D eigenvalue weighted by Gasteiger charge is 2.52. The monoisotopic (exact) mass is 874 g/mol. The van der Waals surface area contributed by atoms with Gasteiger partial charge in [0.1, 0.15) is 0 Å². The van der Waals surface area contributed by atoms with Crippen molar-refractivity contribution < 1.29 is 0 Å². The first kappa shape index (κ1) is 38.8. The highest BCUT2D eigenvalue weighted by atomic mass is 32.1. The quantitative estimate of drug-likeness (QED) is 0.163. The van der Waals surface area contributed by atoms with Gasteiger partial charge in [-0.05, 0) is 157 Å². The molecule has 3 heterocycles. The molecule has 67 heavy (non-hydrogen) atoms. The first-order valence-corrected chi connectivity index (χ1v) is 24.5. The number of rotatable bonds is 3. The molecule has 0 saturated heterocycles. The van der Waals surface area contributed by atoms with Gasteiger partial charge in [-0.15, -0.1) is 11.3 Å². The molecule has 0 bridgehead atoms. The van der Waals surface area contributed by atoms with Crippen molar-refractivity contribution in [1.82, 2.24) is 0 Å². The summed E-state index contributed by atoms with van der Waals surface area (Å²) in [5.74, 6) is 0. The predicted octanol–water partition coefficient (Wildman–Crippen LogP) is 14.9. The Bertz CT molecular complexity index is 3660. The van der Waals surface area contributed by atoms with E-state index in [0.717, 1.165) is 5.69 Å². The molecule has 2 nitrogen and oxygen atoms in total. The number of aryl methyl sites for hydroxylation is 2. The van der Waals surface area contributed by atoms with E-state index >= 15 is 0 Å². The van der Waals surface area contributed by atoms with Crippen molar-refractivity contribution in [3.05, 3.63) is 233 Å². The zero-order chi connectivity index (χ0) is 44.9. The average molecular weight is 875 g/mol. The van der Waals surface area contributed by atoms with E-state index in [0.29, 0.717) is 0 Å². The van der Waals surface area contributed by atoms with Crippen molar-refractivity contribution in [2.75, 3.05) is 9.80 Å². The van der Waals surface area contributed by atoms with Crippen LogP contribution < -0.4 is 25.5 Å². The van der Waals surface area contributed by atoms with Crippen LogP contribution in [0.4, 0.5) is 34.1 Å². The fourth-order valence-electron chi connectivity index (χ4n) is 12.7. The number of anilines is 6. The minimum atomic E-state index is -0.409. The van der Waals surface area contributed by atoms with Gasteiger partial charge in [0.2, 0.25) is 0 Å². The van der Waals surface area contributed by atoms with Crippen LogP contribution in [-0.2, 0) is 10.8 Å². The Labute approximate surface area is 397 Å². The number of benzene rings is 9. The van der Waals surface area contributed by atoms with Gasteiger partial charge in [0.25, 0.3) is 6.71 Å². The topological polar surface area (TPSA) is 6.48 Å². The third-order valence-electron chi connectivity index (χ3n) is 15.5. The van der Waals surface area contributed by atoms with Crippen LogP contribution in [0.25, 0.3) is 43.5 Å². The van der Waals surface area contributed by atoms with Gasteiger partial charge in [-0.1, -0.05) is 160 Å². The van der Waals surface area contributed by atoms with E-state index in [1.807, 2.05) is 11.3 Å². The zero-order valence-electron chi connectivity index (χ0n) is 38.4. The lowest BCUT2D eigenvalue weighted by atomic mass is 9.36. The molecule has 0 unspecified atom stereocenters. The summed E-state index contributed by atoms with van der Waals surface area (Å²) in [6, 6.07) is 74.1. The molecule has 0 amide bonds. The maximum absolute atomic E-state index is 2.61. The van der Waals surface area contributed by atoms with Crippen molar-refractivity contribution in [3.63, 3.8) is 0 Å². The van der Waals surface area contributed by atoms with Crippen molar-refractivity contribution in [2.24, 2.45) is 0 Å². The highest BCUT2D eigenvalue weighted by Crippen LogP contribution is 2.64. The van der Waals surface area contributed by atoms with E-state index in [4.69, 9.17) is 0 Å². The standard InChI is InChI=1S/C63H47BN2S/c1-38-17-15-18-39(2)58(38)40-29-34-53-56(35-40)65(42-19-7-6-8-20-42)54-27-16-28-55-59(54)64(53)61-60(66(55)43-32-30-41(31-33-43)62(3,4)5)48-36-47-46-23-11-14-26-51(46)63(52(47)37-57(48)67-61)49-24-12-9-21-44(49)45-22-10-13-25-50(45)63/h6-37H,1-5H3. The van der Waals surface area contributed by atoms with Gasteiger partial charge in [-0.2, -0.15) is 0 Å². The largest absolute Gasteiger partial charge is 0.311 e. The van der Waals surface area contributed by atoms with E-state index in [2.05, 4.69) is 239 Å². The van der Waals surface area contributed by atoms with Gasteiger partial charge in [0, 0.05) is 43.3 Å². The summed E-state index contributed by atoms with van der Waals surface area (Å²) < 4.78 is 2.71. The second kappa shape index (κ2) is 13.8. The van der Waals surface area contributed by atoms with E-state index in [-0.39, 0.29) is 12.1 Å². The van der Waals surface area contributed by atoms with E-state index in [9.17, 15) is 0 Å². The van der Waals surface area contributed by atoms with E-state index < -0.39 is 5.41 Å². The molecule has 1 spiro atoms. The molecule has 10 aromatic rings. The Morgan fingerprint density at radius 2 is 1.04 bits per heavy atom. The number of para-hydroxylation sites is 1. The second-order valence-electron chi connectivity index (χ2n) is 20.1. The number of thiophene rings is 1. The summed E-state index contributed by atoms with van der Waals surface area (Å²) in [5.41, 5.74) is 27.0. The molecule has 2 aliphatic heterocycles. The predicted molar refractivity (Wildman–Crippen MR) is 286 cm³/mol. The molecule has 0 N–H and O–H groups in total. The normalized spacial score (nSPS) is 14.4. The molecule has 2 aliphatic carbocycles. The fraction of sp³-hybridized carbons (Fsp3) is 0.111. The Hall–Kier alpha value is -7.40. The van der Waals surface area contributed by atoms with E-state index in [1.54, 1.807) is 0 Å². The van der Waals surface area contributed by atoms with Crippen LogP contribution >= 0.6 is 11.3 Å². The number of nitrogens with zero attached hydrogens (tertiary/aromatic N) is 2. The van der Waals surface area contributed by atoms with Crippen LogP contribution in [-0.4, -0.2) is 6.71 Å². The van der Waals surface area contributed by atoms with Gasteiger partial charge in [-0.3, -0.25) is 0 Å². The van der Waals surface area contributed by atoms with Crippen molar-refractivity contribution in [2.45, 2.75) is 45.4 Å². The van der Waals surface area contributed by atoms with Gasteiger partial charge < -0.3 is 9.80 Å². The summed E-state index contributed by atoms with van der Waals surface area (Å²) in [6.07, 6.45) is 0. The zero-order valence-corrected chi connectivity index (χ0v) is 39.2. The molecule has 14 rings (SSSR count). The van der Waals surface area contributed by atoms with Crippen LogP contribution in [0.3, 0.4) is 0 Å². The maximum Gasteiger partial charge on any atom is 0.264 e. The number of hydrogen-bond acceptors (Lipinski definition) is 3. The van der Waals surface area contributed by atoms with E-state index in [1.165, 1.54) is 127 Å². The van der Waals surface area contributed by atoms with Gasteiger partial charge in [-0.25, -0.2) is 0 Å². The third-order valence-corrected chi connectivity index (χ3v) is 16.7. The van der Waals surface area contributed by atoms with Crippen molar-refractivity contribution >= 4 is 78.0 Å². The van der Waals surface area contributed by atoms with Crippen LogP contribution in [0.1, 0.15) is 59.7 Å². The summed E-state index contributed by atoms with van der Waals surface area (Å²) >= 11 is 2.00. The third kappa shape index (κ3) is 5.17. The molecular weight excluding hydrogens is 828 g/mol. The molecule has 0 atom stereocenters. The average Bonchev–Trinajstić information content (AvgIpc) is 3.97. The number of fused-ring (bicyclic) bond motifs is 16. The minimum absolute atomic E-state index is 0.0229. The lowest BCUT2D eigenvalue weighted by Gasteiger charge is -2.43. The molecule has 0 fully saturated rings. The summed E-state index contributed by atoms with van der Waals surface area (Å²) in [6.45, 7) is 11.4. The van der Waals surface area contributed by atoms with Crippen molar-refractivity contribution in [3.8, 4) is 33.4 Å². The highest BCUT2D eigenvalue weighted by molar-refractivity contribution is 7.33. The Morgan fingerprint density at radius 1 is 0.478 bits per heavy atom. The van der Waals surface area contributed by atoms with Crippen molar-refractivity contribution in [1.29, 1.82) is 0 Å². The molecule has 1 aromatic heterocycles. The Balaban J connectivity index is 1.08. The molecule has 0 saturated carbocycles. The summed E-state index contributed by atoms with van der Waals surface area (Å²) in [5, 5.41) is 1.31. The molecule has 9 aromatic carbocycles. The van der Waals surface area contributed by atoms with Crippen LogP contribution in [0.5, 0.6) is 0 Å². The molecule has 318 valence electrons. The fourth-order valence-corrected chi connectivity index (χ4v) is 14.0. The molecule has 0 radical (unpaired) electrons. The van der Waals surface area contributed by atoms with Gasteiger partial charge >= 0.3 is 0 Å². The first-order valence-electron chi connectivity index (χ1n) is 23.7. The maximum atomic E-state index is 2.61. The number of hydrogen-bond donors (Lipinski definition) is 0. The molecular formula is C63H47BN2S. The SMILES string of the molecule is Cc1cccc(C)c1-c1ccc2c(c1)N(c1ccccc1)c1cccc3c1B2c1sc2cc4c(cc2c1N3c1ccc(C(C)(C)C)cc1)-c1ccccc1C41c2ccccc2-c2ccccc21. The van der Waals surface area contributed by atoms with Crippen LogP contribution in [0.2, 0.25) is 0 Å². The summed E-state index contributed by atoms with van der Waals surface area (Å²) in [7, 11) is 0. The van der Waals surface area contributed by atoms with Crippen LogP contribution in [0, 0.1) is 13.8 Å². The molecule has 4 heteroatoms. The lowest BCUT2D eigenvalue weighted by molar-refractivity contribution is 0.590. The first-order chi connectivity index (χ1) is 32.7. The summed E-state index contributed by atoms with van der Waals surface area (Å²) in [4.78, 5) is 5.14. The second-order valence-corrected chi connectivity index (χ2v) is 21.2.